The maximum absolute atomic E-state index is 12.9. The van der Waals surface area contributed by atoms with Crippen LogP contribution in [-0.4, -0.2) is 28.0 Å². The Bertz CT molecular complexity index is 914. The first-order valence-corrected chi connectivity index (χ1v) is 8.62. The molecule has 0 spiro atoms. The second-order valence-corrected chi connectivity index (χ2v) is 7.04. The Morgan fingerprint density at radius 1 is 1.15 bits per heavy atom. The predicted molar refractivity (Wildman–Crippen MR) is 88.2 cm³/mol. The van der Waals surface area contributed by atoms with Crippen molar-refractivity contribution in [3.8, 4) is 5.75 Å². The third-order valence-corrected chi connectivity index (χ3v) is 5.16. The fourth-order valence-electron chi connectivity index (χ4n) is 2.24. The van der Waals surface area contributed by atoms with Gasteiger partial charge in [0.2, 0.25) is 5.91 Å². The molecule has 0 fully saturated rings. The number of hydrogen-bond donors (Lipinski definition) is 1. The monoisotopic (exact) mass is 388 g/mol. The largest absolute Gasteiger partial charge is 0.495 e. The lowest BCUT2D eigenvalue weighted by molar-refractivity contribution is -0.137. The van der Waals surface area contributed by atoms with Crippen molar-refractivity contribution in [2.75, 3.05) is 18.0 Å². The fraction of sp³-hybridized carbons (Fsp3) is 0.188. The number of rotatable bonds is 6. The highest BCUT2D eigenvalue weighted by molar-refractivity contribution is 7.92. The van der Waals surface area contributed by atoms with Crippen LogP contribution in [0.15, 0.2) is 53.4 Å². The van der Waals surface area contributed by atoms with Crippen LogP contribution in [0.5, 0.6) is 5.75 Å². The topological polar surface area (TPSA) is 89.7 Å². The van der Waals surface area contributed by atoms with Gasteiger partial charge in [0.25, 0.3) is 10.0 Å². The number of nitrogens with two attached hydrogens (primary N) is 1. The summed E-state index contributed by atoms with van der Waals surface area (Å²) in [6.07, 6.45) is -4.72. The summed E-state index contributed by atoms with van der Waals surface area (Å²) in [6.45, 7) is -0.765. The Labute approximate surface area is 148 Å². The maximum Gasteiger partial charge on any atom is 0.416 e. The van der Waals surface area contributed by atoms with Crippen LogP contribution in [0.1, 0.15) is 5.56 Å². The molecule has 0 aromatic heterocycles. The summed E-state index contributed by atoms with van der Waals surface area (Å²) in [5.74, 6) is -0.865. The minimum absolute atomic E-state index is 0.0220. The van der Waals surface area contributed by atoms with Gasteiger partial charge in [0.15, 0.2) is 0 Å². The van der Waals surface area contributed by atoms with E-state index in [0.717, 1.165) is 18.2 Å². The van der Waals surface area contributed by atoms with Crippen molar-refractivity contribution in [2.24, 2.45) is 5.73 Å². The van der Waals surface area contributed by atoms with E-state index in [9.17, 15) is 26.4 Å². The van der Waals surface area contributed by atoms with Gasteiger partial charge in [0.1, 0.15) is 12.3 Å². The molecule has 2 aromatic rings. The Morgan fingerprint density at radius 3 is 2.38 bits per heavy atom. The number of para-hydroxylation sites is 2. The normalized spacial score (nSPS) is 11.8. The van der Waals surface area contributed by atoms with E-state index in [2.05, 4.69) is 0 Å². The second-order valence-electron chi connectivity index (χ2n) is 5.18. The number of halogens is 3. The van der Waals surface area contributed by atoms with Crippen molar-refractivity contribution < 1.29 is 31.1 Å². The number of carbonyl (C=O) groups is 1. The molecule has 0 saturated carbocycles. The number of carbonyl (C=O) groups excluding carboxylic acids is 1. The lowest BCUT2D eigenvalue weighted by Crippen LogP contribution is -2.38. The van der Waals surface area contributed by atoms with Crippen molar-refractivity contribution in [1.82, 2.24) is 0 Å². The smallest absolute Gasteiger partial charge is 0.416 e. The van der Waals surface area contributed by atoms with E-state index in [-0.39, 0.29) is 11.4 Å². The SMILES string of the molecule is COc1ccccc1N(CC(N)=O)S(=O)(=O)c1cccc(C(F)(F)F)c1. The molecule has 0 aliphatic rings. The van der Waals surface area contributed by atoms with Gasteiger partial charge >= 0.3 is 6.18 Å². The minimum atomic E-state index is -4.72. The zero-order valence-corrected chi connectivity index (χ0v) is 14.3. The van der Waals surface area contributed by atoms with Gasteiger partial charge in [-0.3, -0.25) is 9.10 Å². The molecule has 6 nitrogen and oxygen atoms in total. The first kappa shape index (κ1) is 19.6. The summed E-state index contributed by atoms with van der Waals surface area (Å²) in [5, 5.41) is 0. The number of methoxy groups -OCH3 is 1. The van der Waals surface area contributed by atoms with Crippen LogP contribution in [0.2, 0.25) is 0 Å². The van der Waals surface area contributed by atoms with E-state index in [4.69, 9.17) is 10.5 Å². The van der Waals surface area contributed by atoms with E-state index < -0.39 is 39.1 Å². The van der Waals surface area contributed by atoms with Crippen molar-refractivity contribution in [1.29, 1.82) is 0 Å². The highest BCUT2D eigenvalue weighted by atomic mass is 32.2. The van der Waals surface area contributed by atoms with Crippen molar-refractivity contribution >= 4 is 21.6 Å². The third-order valence-electron chi connectivity index (χ3n) is 3.40. The average molecular weight is 388 g/mol. The molecule has 0 atom stereocenters. The van der Waals surface area contributed by atoms with Crippen molar-refractivity contribution in [2.45, 2.75) is 11.1 Å². The zero-order valence-electron chi connectivity index (χ0n) is 13.5. The van der Waals surface area contributed by atoms with Gasteiger partial charge in [-0.1, -0.05) is 18.2 Å². The molecule has 26 heavy (non-hydrogen) atoms. The van der Waals surface area contributed by atoms with E-state index in [1.54, 1.807) is 6.07 Å². The number of ether oxygens (including phenoxy) is 1. The second kappa shape index (κ2) is 7.24. The van der Waals surface area contributed by atoms with Crippen LogP contribution in [0, 0.1) is 0 Å². The Morgan fingerprint density at radius 2 is 1.81 bits per heavy atom. The molecule has 0 aliphatic heterocycles. The summed E-state index contributed by atoms with van der Waals surface area (Å²) in [5.41, 5.74) is 3.98. The summed E-state index contributed by atoms with van der Waals surface area (Å²) < 4.78 is 70.2. The number of benzene rings is 2. The molecule has 0 saturated heterocycles. The molecule has 0 heterocycles. The Hall–Kier alpha value is -2.75. The fourth-order valence-corrected chi connectivity index (χ4v) is 3.72. The molecule has 2 aromatic carbocycles. The van der Waals surface area contributed by atoms with Crippen molar-refractivity contribution in [3.63, 3.8) is 0 Å². The van der Waals surface area contributed by atoms with Crippen LogP contribution in [-0.2, 0) is 21.0 Å². The Balaban J connectivity index is 2.62. The van der Waals surface area contributed by atoms with Gasteiger partial charge < -0.3 is 10.5 Å². The average Bonchev–Trinajstić information content (AvgIpc) is 2.58. The molecule has 140 valence electrons. The number of nitrogens with zero attached hydrogens (tertiary/aromatic N) is 1. The third kappa shape index (κ3) is 4.07. The molecule has 0 radical (unpaired) electrons. The number of anilines is 1. The standard InChI is InChI=1S/C16H15F3N2O4S/c1-25-14-8-3-2-7-13(14)21(10-15(20)22)26(23,24)12-6-4-5-11(9-12)16(17,18)19/h2-9H,10H2,1H3,(H2,20,22). The molecular weight excluding hydrogens is 373 g/mol. The van der Waals surface area contributed by atoms with Gasteiger partial charge in [-0.2, -0.15) is 13.2 Å². The van der Waals surface area contributed by atoms with Gasteiger partial charge in [-0.05, 0) is 30.3 Å². The van der Waals surface area contributed by atoms with Gasteiger partial charge in [0, 0.05) is 0 Å². The summed E-state index contributed by atoms with van der Waals surface area (Å²) in [7, 11) is -3.22. The molecule has 2 N–H and O–H groups in total. The quantitative estimate of drug-likeness (QED) is 0.823. The molecule has 2 rings (SSSR count). The first-order valence-electron chi connectivity index (χ1n) is 7.18. The first-order chi connectivity index (χ1) is 12.1. The lowest BCUT2D eigenvalue weighted by atomic mass is 10.2. The number of hydrogen-bond acceptors (Lipinski definition) is 4. The van der Waals surface area contributed by atoms with Gasteiger partial charge in [-0.25, -0.2) is 8.42 Å². The van der Waals surface area contributed by atoms with E-state index in [0.29, 0.717) is 10.4 Å². The van der Waals surface area contributed by atoms with Crippen molar-refractivity contribution in [3.05, 3.63) is 54.1 Å². The molecule has 0 unspecified atom stereocenters. The predicted octanol–water partition coefficient (Wildman–Crippen LogP) is 2.39. The molecule has 1 amide bonds. The summed E-state index contributed by atoms with van der Waals surface area (Å²) >= 11 is 0. The van der Waals surface area contributed by atoms with Crippen LogP contribution in [0.25, 0.3) is 0 Å². The highest BCUT2D eigenvalue weighted by Crippen LogP contribution is 2.34. The zero-order chi connectivity index (χ0) is 19.5. The van der Waals surface area contributed by atoms with Crippen LogP contribution < -0.4 is 14.8 Å². The van der Waals surface area contributed by atoms with Gasteiger partial charge in [0.05, 0.1) is 23.3 Å². The van der Waals surface area contributed by atoms with Gasteiger partial charge in [-0.15, -0.1) is 0 Å². The van der Waals surface area contributed by atoms with E-state index in [1.165, 1.54) is 25.3 Å². The minimum Gasteiger partial charge on any atom is -0.495 e. The number of amides is 1. The molecular formula is C16H15F3N2O4S. The summed E-state index contributed by atoms with van der Waals surface area (Å²) in [4.78, 5) is 10.8. The van der Waals surface area contributed by atoms with E-state index >= 15 is 0 Å². The molecule has 0 bridgehead atoms. The molecule has 10 heteroatoms. The molecule has 0 aliphatic carbocycles. The number of primary amides is 1. The Kier molecular flexibility index (Phi) is 5.45. The van der Waals surface area contributed by atoms with Crippen LogP contribution in [0.3, 0.4) is 0 Å². The number of alkyl halides is 3. The van der Waals surface area contributed by atoms with Crippen LogP contribution in [0.4, 0.5) is 18.9 Å². The number of sulfonamides is 1. The van der Waals surface area contributed by atoms with Crippen LogP contribution >= 0.6 is 0 Å². The lowest BCUT2D eigenvalue weighted by Gasteiger charge is -2.25. The van der Waals surface area contributed by atoms with E-state index in [1.807, 2.05) is 0 Å². The summed E-state index contributed by atoms with van der Waals surface area (Å²) in [6, 6.07) is 9.10. The maximum atomic E-state index is 12.9. The highest BCUT2D eigenvalue weighted by Gasteiger charge is 2.34.